The Morgan fingerprint density at radius 2 is 1.71 bits per heavy atom. The van der Waals surface area contributed by atoms with Gasteiger partial charge in [0.1, 0.15) is 0 Å². The lowest BCUT2D eigenvalue weighted by Gasteiger charge is -2.16. The van der Waals surface area contributed by atoms with Gasteiger partial charge in [-0.2, -0.15) is 0 Å². The van der Waals surface area contributed by atoms with E-state index in [2.05, 4.69) is 12.1 Å². The van der Waals surface area contributed by atoms with Crippen LogP contribution in [0.25, 0.3) is 0 Å². The highest BCUT2D eigenvalue weighted by Gasteiger charge is 2.27. The standard InChI is InChI=1S/C19H20N2O2S/c20-18(22)15-6-8-16(9-7-15)19(23)21-11-10-14(12-21)13-24-17-4-2-1-3-5-17/h1-9,14H,10-13H2,(H2,20,22)/t14-/m1/s1. The molecular weight excluding hydrogens is 320 g/mol. The molecular formula is C19H20N2O2S. The van der Waals surface area contributed by atoms with Gasteiger partial charge in [-0.15, -0.1) is 11.8 Å². The van der Waals surface area contributed by atoms with Crippen molar-refractivity contribution in [3.8, 4) is 0 Å². The van der Waals surface area contributed by atoms with Crippen LogP contribution >= 0.6 is 11.8 Å². The number of nitrogens with zero attached hydrogens (tertiary/aromatic N) is 1. The Bertz CT molecular complexity index is 716. The molecule has 0 spiro atoms. The van der Waals surface area contributed by atoms with Gasteiger partial charge in [0.25, 0.3) is 5.91 Å². The normalized spacial score (nSPS) is 17.0. The molecule has 1 aliphatic heterocycles. The molecule has 2 amide bonds. The van der Waals surface area contributed by atoms with Crippen molar-refractivity contribution in [1.82, 2.24) is 4.90 Å². The first kappa shape index (κ1) is 16.6. The minimum Gasteiger partial charge on any atom is -0.366 e. The summed E-state index contributed by atoms with van der Waals surface area (Å²) >= 11 is 1.84. The second kappa shape index (κ2) is 7.53. The number of hydrogen-bond donors (Lipinski definition) is 1. The van der Waals surface area contributed by atoms with Crippen molar-refractivity contribution in [1.29, 1.82) is 0 Å². The van der Waals surface area contributed by atoms with E-state index in [0.29, 0.717) is 17.0 Å². The van der Waals surface area contributed by atoms with Crippen molar-refractivity contribution in [3.05, 3.63) is 65.7 Å². The van der Waals surface area contributed by atoms with E-state index in [0.717, 1.165) is 25.3 Å². The molecule has 124 valence electrons. The van der Waals surface area contributed by atoms with Crippen molar-refractivity contribution in [2.45, 2.75) is 11.3 Å². The van der Waals surface area contributed by atoms with E-state index in [1.54, 1.807) is 24.3 Å². The zero-order valence-corrected chi connectivity index (χ0v) is 14.2. The molecule has 2 aromatic rings. The lowest BCUT2D eigenvalue weighted by molar-refractivity contribution is 0.0787. The summed E-state index contributed by atoms with van der Waals surface area (Å²) in [5, 5.41) is 0. The molecule has 2 aromatic carbocycles. The molecule has 3 rings (SSSR count). The number of primary amides is 1. The summed E-state index contributed by atoms with van der Waals surface area (Å²) in [5.74, 6) is 1.09. The number of thioether (sulfide) groups is 1. The lowest BCUT2D eigenvalue weighted by Crippen LogP contribution is -2.29. The first-order valence-electron chi connectivity index (χ1n) is 8.00. The molecule has 24 heavy (non-hydrogen) atoms. The lowest BCUT2D eigenvalue weighted by atomic mass is 10.1. The van der Waals surface area contributed by atoms with Crippen molar-refractivity contribution >= 4 is 23.6 Å². The molecule has 0 bridgehead atoms. The molecule has 1 saturated heterocycles. The summed E-state index contributed by atoms with van der Waals surface area (Å²) in [5.41, 5.74) is 6.25. The molecule has 5 heteroatoms. The number of rotatable bonds is 5. The van der Waals surface area contributed by atoms with Crippen molar-refractivity contribution in [2.75, 3.05) is 18.8 Å². The number of hydrogen-bond acceptors (Lipinski definition) is 3. The van der Waals surface area contributed by atoms with Crippen LogP contribution in [-0.4, -0.2) is 35.6 Å². The van der Waals surface area contributed by atoms with Gasteiger partial charge in [-0.25, -0.2) is 0 Å². The third-order valence-electron chi connectivity index (χ3n) is 4.22. The average Bonchev–Trinajstić information content (AvgIpc) is 3.09. The fourth-order valence-electron chi connectivity index (χ4n) is 2.84. The molecule has 0 radical (unpaired) electrons. The quantitative estimate of drug-likeness (QED) is 0.851. The van der Waals surface area contributed by atoms with Crippen LogP contribution in [0.15, 0.2) is 59.5 Å². The average molecular weight is 340 g/mol. The van der Waals surface area contributed by atoms with Crippen molar-refractivity contribution < 1.29 is 9.59 Å². The van der Waals surface area contributed by atoms with Crippen LogP contribution in [-0.2, 0) is 0 Å². The molecule has 0 saturated carbocycles. The Balaban J connectivity index is 1.54. The molecule has 2 N–H and O–H groups in total. The maximum Gasteiger partial charge on any atom is 0.253 e. The van der Waals surface area contributed by atoms with Gasteiger partial charge in [-0.1, -0.05) is 18.2 Å². The second-order valence-electron chi connectivity index (χ2n) is 5.97. The third-order valence-corrected chi connectivity index (χ3v) is 5.46. The van der Waals surface area contributed by atoms with Gasteiger partial charge in [0.05, 0.1) is 0 Å². The van der Waals surface area contributed by atoms with Crippen molar-refractivity contribution in [3.63, 3.8) is 0 Å². The van der Waals surface area contributed by atoms with Gasteiger partial charge < -0.3 is 10.6 Å². The summed E-state index contributed by atoms with van der Waals surface area (Å²) in [6.07, 6.45) is 1.03. The largest absolute Gasteiger partial charge is 0.366 e. The fourth-order valence-corrected chi connectivity index (χ4v) is 3.89. The Morgan fingerprint density at radius 3 is 2.38 bits per heavy atom. The number of carbonyl (C=O) groups is 2. The predicted octanol–water partition coefficient (Wildman–Crippen LogP) is 3.04. The first-order chi connectivity index (χ1) is 11.6. The predicted molar refractivity (Wildman–Crippen MR) is 96.1 cm³/mol. The minimum absolute atomic E-state index is 0.0261. The molecule has 0 unspecified atom stereocenters. The topological polar surface area (TPSA) is 63.4 Å². The number of nitrogens with two attached hydrogens (primary N) is 1. The van der Waals surface area contributed by atoms with Gasteiger partial charge in [0.15, 0.2) is 0 Å². The maximum atomic E-state index is 12.6. The summed E-state index contributed by atoms with van der Waals surface area (Å²) in [6.45, 7) is 1.58. The molecule has 0 aromatic heterocycles. The van der Waals surface area contributed by atoms with Crippen LogP contribution in [0, 0.1) is 5.92 Å². The summed E-state index contributed by atoms with van der Waals surface area (Å²) in [7, 11) is 0. The number of carbonyl (C=O) groups excluding carboxylic acids is 2. The zero-order valence-electron chi connectivity index (χ0n) is 13.4. The molecule has 1 fully saturated rings. The highest BCUT2D eigenvalue weighted by molar-refractivity contribution is 7.99. The fraction of sp³-hybridized carbons (Fsp3) is 0.263. The van der Waals surface area contributed by atoms with Gasteiger partial charge in [-0.05, 0) is 48.7 Å². The van der Waals surface area contributed by atoms with Crippen molar-refractivity contribution in [2.24, 2.45) is 11.7 Å². The van der Waals surface area contributed by atoms with Crippen LogP contribution in [0.1, 0.15) is 27.1 Å². The van der Waals surface area contributed by atoms with Gasteiger partial charge >= 0.3 is 0 Å². The SMILES string of the molecule is NC(=O)c1ccc(C(=O)N2CC[C@@H](CSc3ccccc3)C2)cc1. The van der Waals surface area contributed by atoms with E-state index in [1.807, 2.05) is 34.9 Å². The van der Waals surface area contributed by atoms with Crippen LogP contribution in [0.4, 0.5) is 0 Å². The summed E-state index contributed by atoms with van der Waals surface area (Å²) in [6, 6.07) is 16.9. The molecule has 1 aliphatic rings. The zero-order chi connectivity index (χ0) is 16.9. The van der Waals surface area contributed by atoms with E-state index < -0.39 is 5.91 Å². The minimum atomic E-state index is -0.479. The monoisotopic (exact) mass is 340 g/mol. The van der Waals surface area contributed by atoms with Gasteiger partial charge in [0.2, 0.25) is 5.91 Å². The number of likely N-dealkylation sites (tertiary alicyclic amines) is 1. The first-order valence-corrected chi connectivity index (χ1v) is 8.99. The maximum absolute atomic E-state index is 12.6. The molecule has 1 heterocycles. The van der Waals surface area contributed by atoms with E-state index in [1.165, 1.54) is 4.90 Å². The Kier molecular flexibility index (Phi) is 5.20. The van der Waals surface area contributed by atoms with Gasteiger partial charge in [0, 0.05) is 34.9 Å². The Hall–Kier alpha value is -2.27. The van der Waals surface area contributed by atoms with Crippen LogP contribution in [0.5, 0.6) is 0 Å². The number of benzene rings is 2. The van der Waals surface area contributed by atoms with E-state index in [-0.39, 0.29) is 5.91 Å². The smallest absolute Gasteiger partial charge is 0.253 e. The second-order valence-corrected chi connectivity index (χ2v) is 7.06. The highest BCUT2D eigenvalue weighted by Crippen LogP contribution is 2.26. The van der Waals surface area contributed by atoms with E-state index in [4.69, 9.17) is 5.73 Å². The van der Waals surface area contributed by atoms with Gasteiger partial charge in [-0.3, -0.25) is 9.59 Å². The third kappa shape index (κ3) is 3.97. The highest BCUT2D eigenvalue weighted by atomic mass is 32.2. The Labute approximate surface area is 146 Å². The molecule has 4 nitrogen and oxygen atoms in total. The van der Waals surface area contributed by atoms with Crippen LogP contribution in [0.3, 0.4) is 0 Å². The molecule has 1 atom stereocenters. The van der Waals surface area contributed by atoms with E-state index in [9.17, 15) is 9.59 Å². The number of amides is 2. The molecule has 0 aliphatic carbocycles. The Morgan fingerprint density at radius 1 is 1.04 bits per heavy atom. The van der Waals surface area contributed by atoms with E-state index >= 15 is 0 Å². The van der Waals surface area contributed by atoms with Crippen LogP contribution < -0.4 is 5.73 Å². The van der Waals surface area contributed by atoms with Crippen LogP contribution in [0.2, 0.25) is 0 Å². The summed E-state index contributed by atoms with van der Waals surface area (Å²) in [4.78, 5) is 26.8. The summed E-state index contributed by atoms with van der Waals surface area (Å²) < 4.78 is 0.